The largest absolute Gasteiger partial charge is 0.480 e. The van der Waals surface area contributed by atoms with Crippen LogP contribution in [0.2, 0.25) is 0 Å². The lowest BCUT2D eigenvalue weighted by atomic mass is 10.2. The van der Waals surface area contributed by atoms with Gasteiger partial charge in [-0.1, -0.05) is 0 Å². The highest BCUT2D eigenvalue weighted by molar-refractivity contribution is 5.81. The van der Waals surface area contributed by atoms with Crippen molar-refractivity contribution in [3.8, 4) is 0 Å². The molecule has 0 aromatic carbocycles. The summed E-state index contributed by atoms with van der Waals surface area (Å²) in [5.41, 5.74) is -0.678. The van der Waals surface area contributed by atoms with Crippen molar-refractivity contribution >= 4 is 12.1 Å². The third-order valence-electron chi connectivity index (χ3n) is 2.60. The first-order valence-corrected chi connectivity index (χ1v) is 5.61. The highest BCUT2D eigenvalue weighted by atomic mass is 16.6. The van der Waals surface area contributed by atoms with Gasteiger partial charge in [0.2, 0.25) is 0 Å². The first-order chi connectivity index (χ1) is 7.76. The Labute approximate surface area is 100 Å². The molecule has 0 spiro atoms. The predicted octanol–water partition coefficient (Wildman–Crippen LogP) is 0.831. The van der Waals surface area contributed by atoms with Gasteiger partial charge in [0.15, 0.2) is 0 Å². The lowest BCUT2D eigenvalue weighted by molar-refractivity contribution is -0.142. The first kappa shape index (κ1) is 13.8. The number of hydrogen-bond acceptors (Lipinski definition) is 4. The number of carboxylic acids is 1. The van der Waals surface area contributed by atoms with Crippen LogP contribution >= 0.6 is 0 Å². The fraction of sp³-hybridized carbons (Fsp3) is 0.818. The molecule has 1 saturated heterocycles. The number of ether oxygens (including phenoxy) is 1. The number of aliphatic carboxylic acids is 1. The molecule has 17 heavy (non-hydrogen) atoms. The van der Waals surface area contributed by atoms with E-state index in [1.54, 1.807) is 20.8 Å². The molecule has 6 nitrogen and oxygen atoms in total. The minimum atomic E-state index is -1.06. The van der Waals surface area contributed by atoms with E-state index >= 15 is 0 Å². The van der Waals surface area contributed by atoms with Crippen LogP contribution in [0.25, 0.3) is 0 Å². The van der Waals surface area contributed by atoms with E-state index in [1.165, 1.54) is 0 Å². The number of hydrogen-bond donors (Lipinski definition) is 2. The average Bonchev–Trinajstić information content (AvgIpc) is 2.57. The quantitative estimate of drug-likeness (QED) is 0.752. The first-order valence-electron chi connectivity index (χ1n) is 5.61. The van der Waals surface area contributed by atoms with Crippen LogP contribution in [0.15, 0.2) is 0 Å². The fourth-order valence-corrected chi connectivity index (χ4v) is 1.90. The third kappa shape index (κ3) is 3.33. The average molecular weight is 245 g/mol. The molecule has 2 N–H and O–H groups in total. The van der Waals surface area contributed by atoms with Gasteiger partial charge in [0.05, 0.1) is 12.6 Å². The molecule has 1 amide bonds. The number of aliphatic hydroxyl groups is 1. The topological polar surface area (TPSA) is 87.1 Å². The highest BCUT2D eigenvalue weighted by Gasteiger charge is 2.42. The third-order valence-corrected chi connectivity index (χ3v) is 2.60. The number of carbonyl (C=O) groups excluding carboxylic acids is 1. The van der Waals surface area contributed by atoms with Gasteiger partial charge in [-0.05, 0) is 33.6 Å². The molecule has 0 bridgehead atoms. The molecule has 6 heteroatoms. The van der Waals surface area contributed by atoms with Gasteiger partial charge in [0, 0.05) is 0 Å². The monoisotopic (exact) mass is 245 g/mol. The molecule has 0 radical (unpaired) electrons. The van der Waals surface area contributed by atoms with Crippen LogP contribution in [0.3, 0.4) is 0 Å². The van der Waals surface area contributed by atoms with Crippen molar-refractivity contribution in [2.45, 2.75) is 51.3 Å². The summed E-state index contributed by atoms with van der Waals surface area (Å²) < 4.78 is 5.15. The fourth-order valence-electron chi connectivity index (χ4n) is 1.90. The Kier molecular flexibility index (Phi) is 3.98. The molecule has 0 saturated carbocycles. The van der Waals surface area contributed by atoms with Crippen LogP contribution in [0.5, 0.6) is 0 Å². The van der Waals surface area contributed by atoms with Crippen LogP contribution in [0.4, 0.5) is 4.79 Å². The minimum Gasteiger partial charge on any atom is -0.480 e. The van der Waals surface area contributed by atoms with E-state index in [1.807, 2.05) is 0 Å². The summed E-state index contributed by atoms with van der Waals surface area (Å²) in [7, 11) is 0. The van der Waals surface area contributed by atoms with E-state index in [0.717, 1.165) is 4.90 Å². The van der Waals surface area contributed by atoms with Crippen LogP contribution in [0, 0.1) is 0 Å². The molecule has 0 aromatic heterocycles. The van der Waals surface area contributed by atoms with Crippen molar-refractivity contribution < 1.29 is 24.5 Å². The summed E-state index contributed by atoms with van der Waals surface area (Å²) in [6.07, 6.45) is 0.147. The maximum Gasteiger partial charge on any atom is 0.411 e. The van der Waals surface area contributed by atoms with E-state index in [4.69, 9.17) is 14.9 Å². The maximum absolute atomic E-state index is 11.9. The number of amides is 1. The summed E-state index contributed by atoms with van der Waals surface area (Å²) in [5.74, 6) is -1.06. The van der Waals surface area contributed by atoms with Crippen LogP contribution in [-0.4, -0.2) is 51.5 Å². The molecule has 2 atom stereocenters. The van der Waals surface area contributed by atoms with E-state index in [9.17, 15) is 9.59 Å². The SMILES string of the molecule is CC(C)(C)OC(=O)N1[C@@H](CO)CC[C@H]1C(=O)O. The van der Waals surface area contributed by atoms with Crippen molar-refractivity contribution in [1.29, 1.82) is 0 Å². The number of carboxylic acid groups (broad SMARTS) is 1. The second-order valence-electron chi connectivity index (χ2n) is 5.16. The molecule has 98 valence electrons. The number of rotatable bonds is 2. The molecule has 1 rings (SSSR count). The van der Waals surface area contributed by atoms with Gasteiger partial charge < -0.3 is 14.9 Å². The molecule has 1 fully saturated rings. The zero-order valence-corrected chi connectivity index (χ0v) is 10.3. The van der Waals surface area contributed by atoms with Crippen LogP contribution < -0.4 is 0 Å². The van der Waals surface area contributed by atoms with Crippen molar-refractivity contribution in [3.05, 3.63) is 0 Å². The molecule has 0 unspecified atom stereocenters. The van der Waals surface area contributed by atoms with Crippen molar-refractivity contribution in [1.82, 2.24) is 4.90 Å². The predicted molar refractivity (Wildman–Crippen MR) is 59.6 cm³/mol. The van der Waals surface area contributed by atoms with Gasteiger partial charge >= 0.3 is 12.1 Å². The number of carbonyl (C=O) groups is 2. The smallest absolute Gasteiger partial charge is 0.411 e. The van der Waals surface area contributed by atoms with Crippen LogP contribution in [0.1, 0.15) is 33.6 Å². The lowest BCUT2D eigenvalue weighted by Gasteiger charge is -2.30. The number of aliphatic hydroxyl groups excluding tert-OH is 1. The second kappa shape index (κ2) is 4.91. The molecule has 1 aliphatic rings. The van der Waals surface area contributed by atoms with E-state index in [-0.39, 0.29) is 6.61 Å². The van der Waals surface area contributed by atoms with Gasteiger partial charge in [0.1, 0.15) is 11.6 Å². The van der Waals surface area contributed by atoms with E-state index in [2.05, 4.69) is 0 Å². The molecule has 0 aliphatic carbocycles. The van der Waals surface area contributed by atoms with E-state index < -0.39 is 29.7 Å². The minimum absolute atomic E-state index is 0.247. The Morgan fingerprint density at radius 3 is 2.35 bits per heavy atom. The summed E-state index contributed by atoms with van der Waals surface area (Å²) >= 11 is 0. The Morgan fingerprint density at radius 1 is 1.35 bits per heavy atom. The Balaban J connectivity index is 2.82. The summed E-state index contributed by atoms with van der Waals surface area (Å²) in [6.45, 7) is 4.89. The maximum atomic E-state index is 11.9. The second-order valence-corrected chi connectivity index (χ2v) is 5.16. The molecule has 0 aromatic rings. The highest BCUT2D eigenvalue weighted by Crippen LogP contribution is 2.26. The number of nitrogens with zero attached hydrogens (tertiary/aromatic N) is 1. The standard InChI is InChI=1S/C11H19NO5/c1-11(2,3)17-10(16)12-7(6-13)4-5-8(12)9(14)15/h7-8,13H,4-6H2,1-3H3,(H,14,15)/t7-,8+/m1/s1. The van der Waals surface area contributed by atoms with Crippen molar-refractivity contribution in [2.24, 2.45) is 0 Å². The molecule has 1 aliphatic heterocycles. The zero-order valence-electron chi connectivity index (χ0n) is 10.3. The summed E-state index contributed by atoms with van der Waals surface area (Å²) in [6, 6.07) is -1.37. The zero-order chi connectivity index (χ0) is 13.2. The van der Waals surface area contributed by atoms with Gasteiger partial charge in [-0.3, -0.25) is 4.90 Å². The molecular formula is C11H19NO5. The normalized spacial score (nSPS) is 24.8. The lowest BCUT2D eigenvalue weighted by Crippen LogP contribution is -2.48. The Morgan fingerprint density at radius 2 is 1.94 bits per heavy atom. The number of likely N-dealkylation sites (tertiary alicyclic amines) is 1. The van der Waals surface area contributed by atoms with Crippen molar-refractivity contribution in [3.63, 3.8) is 0 Å². The van der Waals surface area contributed by atoms with Gasteiger partial charge in [-0.25, -0.2) is 9.59 Å². The van der Waals surface area contributed by atoms with Gasteiger partial charge in [0.25, 0.3) is 0 Å². The van der Waals surface area contributed by atoms with Crippen molar-refractivity contribution in [2.75, 3.05) is 6.61 Å². The van der Waals surface area contributed by atoms with Gasteiger partial charge in [-0.2, -0.15) is 0 Å². The summed E-state index contributed by atoms with van der Waals surface area (Å²) in [5, 5.41) is 18.2. The molecular weight excluding hydrogens is 226 g/mol. The van der Waals surface area contributed by atoms with Crippen LogP contribution in [-0.2, 0) is 9.53 Å². The van der Waals surface area contributed by atoms with E-state index in [0.29, 0.717) is 12.8 Å². The summed E-state index contributed by atoms with van der Waals surface area (Å²) in [4.78, 5) is 24.0. The molecule has 1 heterocycles. The Hall–Kier alpha value is -1.30. The van der Waals surface area contributed by atoms with Gasteiger partial charge in [-0.15, -0.1) is 0 Å². The Bertz CT molecular complexity index is 309.